The summed E-state index contributed by atoms with van der Waals surface area (Å²) in [5.74, 6) is -0.808. The molecule has 2 aromatic carbocycles. The second kappa shape index (κ2) is 5.36. The van der Waals surface area contributed by atoms with Crippen molar-refractivity contribution in [3.63, 3.8) is 0 Å². The standard InChI is InChI=1S/C17H14Cl2O2/c18-13-5-2-12(3-6-13)17(10-16(20)21)8-7-11-1-4-14(19)9-15(11)17/h1-6,9H,7-8,10H2,(H,20,21)/t17-/m1/s1. The normalized spacial score (nSPS) is 20.3. The Morgan fingerprint density at radius 2 is 1.76 bits per heavy atom. The number of fused-ring (bicyclic) bond motifs is 1. The molecule has 3 rings (SSSR count). The molecule has 0 radical (unpaired) electrons. The van der Waals surface area contributed by atoms with Gasteiger partial charge in [0, 0.05) is 15.5 Å². The van der Waals surface area contributed by atoms with Crippen molar-refractivity contribution in [2.24, 2.45) is 0 Å². The van der Waals surface area contributed by atoms with Gasteiger partial charge in [-0.15, -0.1) is 0 Å². The first-order valence-electron chi connectivity index (χ1n) is 6.78. The quantitative estimate of drug-likeness (QED) is 0.889. The second-order valence-electron chi connectivity index (χ2n) is 5.46. The molecule has 0 saturated carbocycles. The molecule has 0 amide bonds. The Labute approximate surface area is 133 Å². The third kappa shape index (κ3) is 2.54. The lowest BCUT2D eigenvalue weighted by molar-refractivity contribution is -0.138. The number of benzene rings is 2. The number of rotatable bonds is 3. The molecule has 0 bridgehead atoms. The molecule has 0 fully saturated rings. The van der Waals surface area contributed by atoms with Crippen LogP contribution >= 0.6 is 23.2 Å². The number of hydrogen-bond donors (Lipinski definition) is 1. The summed E-state index contributed by atoms with van der Waals surface area (Å²) in [6.45, 7) is 0. The van der Waals surface area contributed by atoms with Crippen molar-refractivity contribution in [2.75, 3.05) is 0 Å². The van der Waals surface area contributed by atoms with Gasteiger partial charge in [0.15, 0.2) is 0 Å². The Bertz CT molecular complexity index is 694. The van der Waals surface area contributed by atoms with E-state index >= 15 is 0 Å². The van der Waals surface area contributed by atoms with Crippen molar-refractivity contribution in [3.05, 3.63) is 69.2 Å². The predicted octanol–water partition coefficient (Wildman–Crippen LogP) is 4.70. The Morgan fingerprint density at radius 3 is 2.43 bits per heavy atom. The summed E-state index contributed by atoms with van der Waals surface area (Å²) < 4.78 is 0. The minimum absolute atomic E-state index is 0.0575. The molecule has 1 N–H and O–H groups in total. The van der Waals surface area contributed by atoms with Crippen molar-refractivity contribution in [2.45, 2.75) is 24.7 Å². The van der Waals surface area contributed by atoms with Crippen LogP contribution in [0.5, 0.6) is 0 Å². The molecule has 0 aliphatic heterocycles. The summed E-state index contributed by atoms with van der Waals surface area (Å²) in [4.78, 5) is 11.4. The van der Waals surface area contributed by atoms with E-state index in [1.54, 1.807) is 0 Å². The highest BCUT2D eigenvalue weighted by Crippen LogP contribution is 2.47. The molecule has 0 aromatic heterocycles. The average Bonchev–Trinajstić information content (AvgIpc) is 2.78. The van der Waals surface area contributed by atoms with Crippen LogP contribution in [0.25, 0.3) is 0 Å². The highest BCUT2D eigenvalue weighted by atomic mass is 35.5. The molecule has 1 aliphatic rings. The molecule has 1 atom stereocenters. The fraction of sp³-hybridized carbons (Fsp3) is 0.235. The van der Waals surface area contributed by atoms with Gasteiger partial charge in [0.2, 0.25) is 0 Å². The summed E-state index contributed by atoms with van der Waals surface area (Å²) in [7, 11) is 0. The lowest BCUT2D eigenvalue weighted by Gasteiger charge is -2.30. The lowest BCUT2D eigenvalue weighted by Crippen LogP contribution is -2.28. The zero-order chi connectivity index (χ0) is 15.0. The number of hydrogen-bond acceptors (Lipinski definition) is 1. The number of aliphatic carboxylic acids is 1. The Kier molecular flexibility index (Phi) is 3.68. The van der Waals surface area contributed by atoms with Gasteiger partial charge in [0.1, 0.15) is 0 Å². The van der Waals surface area contributed by atoms with E-state index in [1.165, 1.54) is 5.56 Å². The van der Waals surface area contributed by atoms with E-state index in [4.69, 9.17) is 23.2 Å². The Morgan fingerprint density at radius 1 is 1.10 bits per heavy atom. The van der Waals surface area contributed by atoms with Gasteiger partial charge in [-0.3, -0.25) is 4.79 Å². The van der Waals surface area contributed by atoms with E-state index in [2.05, 4.69) is 0 Å². The highest BCUT2D eigenvalue weighted by Gasteiger charge is 2.42. The molecule has 108 valence electrons. The molecule has 0 unspecified atom stereocenters. The minimum Gasteiger partial charge on any atom is -0.481 e. The smallest absolute Gasteiger partial charge is 0.304 e. The van der Waals surface area contributed by atoms with Crippen LogP contribution in [0.1, 0.15) is 29.5 Å². The fourth-order valence-electron chi connectivity index (χ4n) is 3.31. The third-order valence-electron chi connectivity index (χ3n) is 4.26. The van der Waals surface area contributed by atoms with Crippen LogP contribution in [0.15, 0.2) is 42.5 Å². The van der Waals surface area contributed by atoms with E-state index in [9.17, 15) is 9.90 Å². The van der Waals surface area contributed by atoms with Crippen LogP contribution in [0.2, 0.25) is 10.0 Å². The van der Waals surface area contributed by atoms with Crippen LogP contribution in [0, 0.1) is 0 Å². The van der Waals surface area contributed by atoms with Crippen molar-refractivity contribution in [3.8, 4) is 0 Å². The monoisotopic (exact) mass is 320 g/mol. The van der Waals surface area contributed by atoms with Crippen molar-refractivity contribution >= 4 is 29.2 Å². The largest absolute Gasteiger partial charge is 0.481 e. The molecule has 2 aromatic rings. The average molecular weight is 321 g/mol. The van der Waals surface area contributed by atoms with Crippen LogP contribution in [0.3, 0.4) is 0 Å². The molecule has 4 heteroatoms. The van der Waals surface area contributed by atoms with E-state index in [0.29, 0.717) is 10.0 Å². The van der Waals surface area contributed by atoms with Crippen LogP contribution in [0.4, 0.5) is 0 Å². The molecule has 0 heterocycles. The fourth-order valence-corrected chi connectivity index (χ4v) is 3.61. The van der Waals surface area contributed by atoms with E-state index in [0.717, 1.165) is 24.0 Å². The lowest BCUT2D eigenvalue weighted by atomic mass is 9.73. The Balaban J connectivity index is 2.19. The first-order chi connectivity index (χ1) is 10.0. The predicted molar refractivity (Wildman–Crippen MR) is 84.3 cm³/mol. The number of halogens is 2. The molecule has 1 aliphatic carbocycles. The maximum Gasteiger partial charge on any atom is 0.304 e. The minimum atomic E-state index is -0.808. The van der Waals surface area contributed by atoms with Gasteiger partial charge in [0.25, 0.3) is 0 Å². The van der Waals surface area contributed by atoms with E-state index < -0.39 is 11.4 Å². The van der Waals surface area contributed by atoms with Crippen molar-refractivity contribution < 1.29 is 9.90 Å². The zero-order valence-electron chi connectivity index (χ0n) is 11.3. The summed E-state index contributed by atoms with van der Waals surface area (Å²) in [5, 5.41) is 10.7. The highest BCUT2D eigenvalue weighted by molar-refractivity contribution is 6.31. The van der Waals surface area contributed by atoms with Gasteiger partial charge in [-0.2, -0.15) is 0 Å². The number of carboxylic acids is 1. The van der Waals surface area contributed by atoms with Crippen LogP contribution in [-0.4, -0.2) is 11.1 Å². The molecule has 21 heavy (non-hydrogen) atoms. The van der Waals surface area contributed by atoms with Gasteiger partial charge < -0.3 is 5.11 Å². The zero-order valence-corrected chi connectivity index (χ0v) is 12.8. The summed E-state index contributed by atoms with van der Waals surface area (Å²) in [6, 6.07) is 13.2. The van der Waals surface area contributed by atoms with Gasteiger partial charge in [-0.25, -0.2) is 0 Å². The number of aryl methyl sites for hydroxylation is 1. The van der Waals surface area contributed by atoms with E-state index in [1.807, 2.05) is 42.5 Å². The number of carboxylic acid groups (broad SMARTS) is 1. The maximum atomic E-state index is 11.4. The molecular weight excluding hydrogens is 307 g/mol. The Hall–Kier alpha value is -1.51. The topological polar surface area (TPSA) is 37.3 Å². The molecule has 0 spiro atoms. The summed E-state index contributed by atoms with van der Waals surface area (Å²) >= 11 is 12.1. The maximum absolute atomic E-state index is 11.4. The first kappa shape index (κ1) is 14.4. The third-order valence-corrected chi connectivity index (χ3v) is 4.75. The van der Waals surface area contributed by atoms with Crippen molar-refractivity contribution in [1.29, 1.82) is 0 Å². The van der Waals surface area contributed by atoms with Crippen LogP contribution in [-0.2, 0) is 16.6 Å². The van der Waals surface area contributed by atoms with Crippen molar-refractivity contribution in [1.82, 2.24) is 0 Å². The van der Waals surface area contributed by atoms with Crippen LogP contribution < -0.4 is 0 Å². The first-order valence-corrected chi connectivity index (χ1v) is 7.54. The molecule has 0 saturated heterocycles. The SMILES string of the molecule is O=C(O)C[C@@]1(c2ccc(Cl)cc2)CCc2ccc(Cl)cc21. The van der Waals surface area contributed by atoms with Gasteiger partial charge in [-0.1, -0.05) is 41.4 Å². The molecule has 2 nitrogen and oxygen atoms in total. The summed E-state index contributed by atoms with van der Waals surface area (Å²) in [6.07, 6.45) is 1.70. The van der Waals surface area contributed by atoms with E-state index in [-0.39, 0.29) is 6.42 Å². The summed E-state index contributed by atoms with van der Waals surface area (Å²) in [5.41, 5.74) is 2.67. The van der Waals surface area contributed by atoms with Gasteiger partial charge in [-0.05, 0) is 53.8 Å². The molecular formula is C17H14Cl2O2. The van der Waals surface area contributed by atoms with Gasteiger partial charge >= 0.3 is 5.97 Å². The van der Waals surface area contributed by atoms with Gasteiger partial charge in [0.05, 0.1) is 6.42 Å². The second-order valence-corrected chi connectivity index (χ2v) is 6.33. The number of carbonyl (C=O) groups is 1.